The monoisotopic (exact) mass is 287 g/mol. The first-order valence-corrected chi connectivity index (χ1v) is 8.15. The van der Waals surface area contributed by atoms with E-state index in [1.807, 2.05) is 0 Å². The van der Waals surface area contributed by atoms with E-state index in [-0.39, 0.29) is 29.6 Å². The van der Waals surface area contributed by atoms with Gasteiger partial charge in [0.15, 0.2) is 5.78 Å². The summed E-state index contributed by atoms with van der Waals surface area (Å²) in [6.07, 6.45) is 2.95. The van der Waals surface area contributed by atoms with Crippen molar-refractivity contribution in [3.63, 3.8) is 0 Å². The zero-order valence-corrected chi connectivity index (χ0v) is 11.7. The molecule has 6 nitrogen and oxygen atoms in total. The molecular formula is C12H21N3O3S. The van der Waals surface area contributed by atoms with Crippen molar-refractivity contribution >= 4 is 22.5 Å². The van der Waals surface area contributed by atoms with Crippen LogP contribution in [0.15, 0.2) is 0 Å². The van der Waals surface area contributed by atoms with Gasteiger partial charge in [-0.1, -0.05) is 0 Å². The Labute approximate surface area is 115 Å². The van der Waals surface area contributed by atoms with Crippen LogP contribution < -0.4 is 16.8 Å². The first-order valence-electron chi connectivity index (χ1n) is 6.66. The van der Waals surface area contributed by atoms with Crippen molar-refractivity contribution in [2.24, 2.45) is 23.3 Å². The van der Waals surface area contributed by atoms with Crippen LogP contribution in [0.1, 0.15) is 25.7 Å². The fourth-order valence-corrected chi connectivity index (χ4v) is 4.07. The number of nitrogens with one attached hydrogen (secondary N) is 1. The molecule has 0 bridgehead atoms. The lowest BCUT2D eigenvalue weighted by Gasteiger charge is -2.31. The van der Waals surface area contributed by atoms with Gasteiger partial charge in [0.05, 0.1) is 18.0 Å². The highest BCUT2D eigenvalue weighted by atomic mass is 32.2. The van der Waals surface area contributed by atoms with Crippen LogP contribution in [0.3, 0.4) is 0 Å². The van der Waals surface area contributed by atoms with Crippen LogP contribution in [0.4, 0.5) is 0 Å². The Balaban J connectivity index is 1.87. The first-order chi connectivity index (χ1) is 8.99. The van der Waals surface area contributed by atoms with Crippen LogP contribution in [-0.4, -0.2) is 39.6 Å². The van der Waals surface area contributed by atoms with E-state index < -0.39 is 16.8 Å². The van der Waals surface area contributed by atoms with Crippen LogP contribution in [0, 0.1) is 11.8 Å². The van der Waals surface area contributed by atoms with Crippen molar-refractivity contribution in [3.8, 4) is 0 Å². The van der Waals surface area contributed by atoms with Gasteiger partial charge in [-0.15, -0.1) is 0 Å². The number of rotatable bonds is 4. The van der Waals surface area contributed by atoms with Gasteiger partial charge in [0, 0.05) is 22.5 Å². The summed E-state index contributed by atoms with van der Waals surface area (Å²) in [6, 6.07) is -0.897. The summed E-state index contributed by atoms with van der Waals surface area (Å²) < 4.78 is 11.3. The quantitative estimate of drug-likeness (QED) is 0.604. The smallest absolute Gasteiger partial charge is 0.220 e. The molecule has 0 radical (unpaired) electrons. The molecule has 1 saturated carbocycles. The van der Waals surface area contributed by atoms with Crippen LogP contribution in [0.25, 0.3) is 0 Å². The van der Waals surface area contributed by atoms with E-state index in [4.69, 9.17) is 11.5 Å². The third kappa shape index (κ3) is 3.40. The summed E-state index contributed by atoms with van der Waals surface area (Å²) >= 11 is 0. The number of hydrogen-bond acceptors (Lipinski definition) is 5. The number of carbonyl (C=O) groups is 2. The van der Waals surface area contributed by atoms with Crippen LogP contribution in [0.2, 0.25) is 0 Å². The zero-order chi connectivity index (χ0) is 14.0. The van der Waals surface area contributed by atoms with E-state index in [1.54, 1.807) is 0 Å². The lowest BCUT2D eigenvalue weighted by Crippen LogP contribution is -2.49. The molecule has 0 aromatic heterocycles. The number of Topliss-reactive ketones (excluding diaryl/α,β-unsaturated/α-hetero) is 1. The molecule has 19 heavy (non-hydrogen) atoms. The van der Waals surface area contributed by atoms with Crippen molar-refractivity contribution in [2.75, 3.05) is 11.6 Å². The Hall–Kier alpha value is -0.790. The molecule has 1 aliphatic carbocycles. The maximum atomic E-state index is 12.2. The highest BCUT2D eigenvalue weighted by Crippen LogP contribution is 2.30. The lowest BCUT2D eigenvalue weighted by atomic mass is 9.77. The van der Waals surface area contributed by atoms with Crippen LogP contribution in [-0.2, 0) is 20.4 Å². The maximum Gasteiger partial charge on any atom is 0.220 e. The van der Waals surface area contributed by atoms with E-state index in [1.165, 1.54) is 0 Å². The zero-order valence-electron chi connectivity index (χ0n) is 10.8. The summed E-state index contributed by atoms with van der Waals surface area (Å²) in [7, 11) is -0.956. The average Bonchev–Trinajstić information content (AvgIpc) is 2.84. The Bertz CT molecular complexity index is 394. The minimum absolute atomic E-state index is 0.0478. The molecule has 0 spiro atoms. The van der Waals surface area contributed by atoms with Gasteiger partial charge in [-0.3, -0.25) is 19.1 Å². The Morgan fingerprint density at radius 1 is 1.21 bits per heavy atom. The van der Waals surface area contributed by atoms with Gasteiger partial charge in [0.25, 0.3) is 0 Å². The van der Waals surface area contributed by atoms with Gasteiger partial charge < -0.3 is 11.5 Å². The molecule has 108 valence electrons. The summed E-state index contributed by atoms with van der Waals surface area (Å²) in [5.74, 6) is 0.468. The maximum absolute atomic E-state index is 12.2. The predicted octanol–water partition coefficient (Wildman–Crippen LogP) is -1.15. The Morgan fingerprint density at radius 2 is 1.84 bits per heavy atom. The number of carbonyl (C=O) groups excluding carboxylic acids is 2. The van der Waals surface area contributed by atoms with E-state index in [2.05, 4.69) is 5.32 Å². The van der Waals surface area contributed by atoms with E-state index in [9.17, 15) is 13.8 Å². The summed E-state index contributed by atoms with van der Waals surface area (Å²) in [5, 5.41) is 2.95. The molecule has 5 N–H and O–H groups in total. The summed E-state index contributed by atoms with van der Waals surface area (Å²) in [6.45, 7) is 0. The SMILES string of the molecule is NC(=O)C1CCC([C@H](N)C(=O)C2CS(=O)CN2)CC1. The highest BCUT2D eigenvalue weighted by molar-refractivity contribution is 7.85. The third-order valence-electron chi connectivity index (χ3n) is 4.20. The van der Waals surface area contributed by atoms with Crippen LogP contribution >= 0.6 is 0 Å². The molecule has 7 heteroatoms. The molecule has 0 aromatic carbocycles. The molecule has 1 aliphatic heterocycles. The van der Waals surface area contributed by atoms with Crippen molar-refractivity contribution in [1.82, 2.24) is 5.32 Å². The fourth-order valence-electron chi connectivity index (χ4n) is 2.91. The molecule has 1 heterocycles. The number of nitrogens with two attached hydrogens (primary N) is 2. The predicted molar refractivity (Wildman–Crippen MR) is 72.4 cm³/mol. The van der Waals surface area contributed by atoms with E-state index in [0.717, 1.165) is 12.8 Å². The van der Waals surface area contributed by atoms with Crippen molar-refractivity contribution in [1.29, 1.82) is 0 Å². The molecule has 2 unspecified atom stereocenters. The molecular weight excluding hydrogens is 266 g/mol. The van der Waals surface area contributed by atoms with Crippen molar-refractivity contribution < 1.29 is 13.8 Å². The molecule has 0 aromatic rings. The lowest BCUT2D eigenvalue weighted by molar-refractivity contribution is -0.124. The van der Waals surface area contributed by atoms with E-state index >= 15 is 0 Å². The second-order valence-corrected chi connectivity index (χ2v) is 6.95. The Kier molecular flexibility index (Phi) is 4.70. The molecule has 1 saturated heterocycles. The van der Waals surface area contributed by atoms with Crippen LogP contribution in [0.5, 0.6) is 0 Å². The largest absolute Gasteiger partial charge is 0.369 e. The van der Waals surface area contributed by atoms with Gasteiger partial charge in [0.1, 0.15) is 0 Å². The highest BCUT2D eigenvalue weighted by Gasteiger charge is 2.36. The standard InChI is InChI=1S/C12H21N3O3S/c13-10(11(16)9-5-19(18)6-15-9)7-1-3-8(4-2-7)12(14)17/h7-10,15H,1-6,13H2,(H2,14,17)/t7?,8?,9?,10-,19?/m0/s1. The minimum Gasteiger partial charge on any atom is -0.369 e. The van der Waals surface area contributed by atoms with Crippen molar-refractivity contribution in [3.05, 3.63) is 0 Å². The summed E-state index contributed by atoms with van der Waals surface area (Å²) in [5.41, 5.74) is 11.3. The van der Waals surface area contributed by atoms with Gasteiger partial charge >= 0.3 is 0 Å². The molecule has 2 fully saturated rings. The van der Waals surface area contributed by atoms with Gasteiger partial charge in [0.2, 0.25) is 5.91 Å². The molecule has 1 amide bonds. The fraction of sp³-hybridized carbons (Fsp3) is 0.833. The van der Waals surface area contributed by atoms with Gasteiger partial charge in [-0.25, -0.2) is 0 Å². The molecule has 3 atom stereocenters. The van der Waals surface area contributed by atoms with Crippen molar-refractivity contribution in [2.45, 2.75) is 37.8 Å². The molecule has 2 aliphatic rings. The first kappa shape index (κ1) is 14.6. The van der Waals surface area contributed by atoms with Gasteiger partial charge in [-0.05, 0) is 31.6 Å². The second kappa shape index (κ2) is 6.11. The number of primary amides is 1. The number of hydrogen-bond donors (Lipinski definition) is 3. The normalized spacial score (nSPS) is 36.9. The average molecular weight is 287 g/mol. The Morgan fingerprint density at radius 3 is 2.32 bits per heavy atom. The third-order valence-corrected chi connectivity index (χ3v) is 5.39. The number of ketones is 1. The molecule has 2 rings (SSSR count). The second-order valence-electron chi connectivity index (χ2n) is 5.45. The number of amides is 1. The minimum atomic E-state index is -0.956. The van der Waals surface area contributed by atoms with Gasteiger partial charge in [-0.2, -0.15) is 0 Å². The summed E-state index contributed by atoms with van der Waals surface area (Å²) in [4.78, 5) is 23.3. The topological polar surface area (TPSA) is 115 Å². The van der Waals surface area contributed by atoms with E-state index in [0.29, 0.717) is 24.5 Å².